The fourth-order valence-electron chi connectivity index (χ4n) is 3.81. The van der Waals surface area contributed by atoms with Crippen molar-refractivity contribution in [3.05, 3.63) is 95.7 Å². The molecule has 0 spiro atoms. The van der Waals surface area contributed by atoms with Crippen LogP contribution in [0.3, 0.4) is 0 Å². The van der Waals surface area contributed by atoms with Crippen LogP contribution in [0.2, 0.25) is 0 Å². The number of fused-ring (bicyclic) bond motifs is 1. The number of hydrogen-bond donors (Lipinski definition) is 0. The molecule has 0 fully saturated rings. The SMILES string of the molecule is C=CCn1c(SCc2cc(F)cc3c2OC(c2ccccc2)OC3)nnc1-c1ccoc1C. The van der Waals surface area contributed by atoms with E-state index in [4.69, 9.17) is 13.9 Å². The molecule has 1 unspecified atom stereocenters. The summed E-state index contributed by atoms with van der Waals surface area (Å²) in [6.45, 7) is 6.56. The quantitative estimate of drug-likeness (QED) is 0.245. The third kappa shape index (κ3) is 4.31. The van der Waals surface area contributed by atoms with E-state index in [1.165, 1.54) is 23.9 Å². The van der Waals surface area contributed by atoms with Crippen LogP contribution in [0.4, 0.5) is 4.39 Å². The average Bonchev–Trinajstić information content (AvgIpc) is 3.43. The Labute approximate surface area is 195 Å². The number of allylic oxidation sites excluding steroid dienone is 1. The topological polar surface area (TPSA) is 62.3 Å². The molecular weight excluding hydrogens is 441 g/mol. The van der Waals surface area contributed by atoms with E-state index in [2.05, 4.69) is 16.8 Å². The highest BCUT2D eigenvalue weighted by Crippen LogP contribution is 2.39. The maximum atomic E-state index is 14.4. The predicted octanol–water partition coefficient (Wildman–Crippen LogP) is 6.07. The number of furan rings is 1. The van der Waals surface area contributed by atoms with Gasteiger partial charge in [0.1, 0.15) is 17.3 Å². The van der Waals surface area contributed by atoms with Gasteiger partial charge in [-0.15, -0.1) is 16.8 Å². The molecule has 1 aliphatic heterocycles. The van der Waals surface area contributed by atoms with E-state index in [-0.39, 0.29) is 12.4 Å². The highest BCUT2D eigenvalue weighted by atomic mass is 32.2. The average molecular weight is 464 g/mol. The van der Waals surface area contributed by atoms with Crippen molar-refractivity contribution in [3.63, 3.8) is 0 Å². The summed E-state index contributed by atoms with van der Waals surface area (Å²) in [5.74, 6) is 2.27. The van der Waals surface area contributed by atoms with Gasteiger partial charge in [-0.2, -0.15) is 0 Å². The Morgan fingerprint density at radius 2 is 2.06 bits per heavy atom. The zero-order chi connectivity index (χ0) is 22.8. The Kier molecular flexibility index (Phi) is 6.02. The lowest BCUT2D eigenvalue weighted by molar-refractivity contribution is -0.112. The van der Waals surface area contributed by atoms with Gasteiger partial charge < -0.3 is 13.9 Å². The second-order valence-electron chi connectivity index (χ2n) is 7.61. The molecule has 6 nitrogen and oxygen atoms in total. The Morgan fingerprint density at radius 3 is 2.82 bits per heavy atom. The largest absolute Gasteiger partial charge is 0.469 e. The van der Waals surface area contributed by atoms with E-state index in [9.17, 15) is 4.39 Å². The van der Waals surface area contributed by atoms with E-state index >= 15 is 0 Å². The van der Waals surface area contributed by atoms with Crippen LogP contribution in [0, 0.1) is 12.7 Å². The van der Waals surface area contributed by atoms with Crippen LogP contribution in [0.5, 0.6) is 5.75 Å². The normalized spacial score (nSPS) is 15.2. The van der Waals surface area contributed by atoms with E-state index in [0.29, 0.717) is 34.6 Å². The second-order valence-corrected chi connectivity index (χ2v) is 8.55. The van der Waals surface area contributed by atoms with Gasteiger partial charge in [0.15, 0.2) is 11.0 Å². The fraction of sp³-hybridized carbons (Fsp3) is 0.200. The van der Waals surface area contributed by atoms with E-state index < -0.39 is 6.29 Å². The fourth-order valence-corrected chi connectivity index (χ4v) is 4.72. The number of thioether (sulfide) groups is 1. The number of hydrogen-bond acceptors (Lipinski definition) is 6. The summed E-state index contributed by atoms with van der Waals surface area (Å²) >= 11 is 1.47. The number of benzene rings is 2. The van der Waals surface area contributed by atoms with Crippen molar-refractivity contribution in [2.75, 3.05) is 0 Å². The van der Waals surface area contributed by atoms with Gasteiger partial charge in [0.25, 0.3) is 0 Å². The van der Waals surface area contributed by atoms with Crippen molar-refractivity contribution >= 4 is 11.8 Å². The Morgan fingerprint density at radius 1 is 1.21 bits per heavy atom. The highest BCUT2D eigenvalue weighted by Gasteiger charge is 2.26. The zero-order valence-corrected chi connectivity index (χ0v) is 18.8. The van der Waals surface area contributed by atoms with Gasteiger partial charge in [-0.05, 0) is 25.1 Å². The Hall–Kier alpha value is -3.36. The highest BCUT2D eigenvalue weighted by molar-refractivity contribution is 7.98. The van der Waals surface area contributed by atoms with Crippen molar-refractivity contribution in [2.24, 2.45) is 0 Å². The van der Waals surface area contributed by atoms with Gasteiger partial charge in [0.2, 0.25) is 6.29 Å². The third-order valence-electron chi connectivity index (χ3n) is 5.38. The molecule has 2 aromatic heterocycles. The Balaban J connectivity index is 1.42. The number of rotatable bonds is 7. The third-order valence-corrected chi connectivity index (χ3v) is 6.39. The van der Waals surface area contributed by atoms with Crippen molar-refractivity contribution in [1.29, 1.82) is 0 Å². The van der Waals surface area contributed by atoms with Crippen LogP contribution in [0.15, 0.2) is 77.0 Å². The van der Waals surface area contributed by atoms with Gasteiger partial charge in [-0.3, -0.25) is 4.57 Å². The summed E-state index contributed by atoms with van der Waals surface area (Å²) in [6, 6.07) is 14.6. The molecule has 8 heteroatoms. The molecule has 33 heavy (non-hydrogen) atoms. The molecule has 0 aliphatic carbocycles. The van der Waals surface area contributed by atoms with E-state index in [1.807, 2.05) is 47.9 Å². The maximum absolute atomic E-state index is 14.4. The van der Waals surface area contributed by atoms with Crippen LogP contribution < -0.4 is 4.74 Å². The molecule has 168 valence electrons. The first kappa shape index (κ1) is 21.5. The minimum Gasteiger partial charge on any atom is -0.469 e. The molecule has 0 amide bonds. The number of aromatic nitrogens is 3. The molecule has 4 aromatic rings. The van der Waals surface area contributed by atoms with Gasteiger partial charge in [-0.25, -0.2) is 4.39 Å². The Bertz CT molecular complexity index is 1290. The first-order valence-corrected chi connectivity index (χ1v) is 11.5. The minimum absolute atomic E-state index is 0.279. The molecule has 0 N–H and O–H groups in total. The molecule has 3 heterocycles. The zero-order valence-electron chi connectivity index (χ0n) is 18.0. The smallest absolute Gasteiger partial charge is 0.227 e. The van der Waals surface area contributed by atoms with E-state index in [1.54, 1.807) is 12.3 Å². The second kappa shape index (κ2) is 9.25. The molecule has 2 aromatic carbocycles. The van der Waals surface area contributed by atoms with Crippen LogP contribution in [0.1, 0.15) is 28.7 Å². The number of ether oxygens (including phenoxy) is 2. The summed E-state index contributed by atoms with van der Waals surface area (Å²) in [5.41, 5.74) is 3.23. The van der Waals surface area contributed by atoms with Crippen LogP contribution >= 0.6 is 11.8 Å². The summed E-state index contributed by atoms with van der Waals surface area (Å²) in [4.78, 5) is 0. The van der Waals surface area contributed by atoms with Crippen molar-refractivity contribution in [1.82, 2.24) is 14.8 Å². The first-order chi connectivity index (χ1) is 16.1. The van der Waals surface area contributed by atoms with Crippen molar-refractivity contribution in [2.45, 2.75) is 37.3 Å². The standard InChI is InChI=1S/C25H22FN3O3S/c1-3-10-29-23(21-9-11-30-16(21)2)27-28-25(29)33-15-19-13-20(26)12-18-14-31-24(32-22(18)19)17-7-5-4-6-8-17/h3-9,11-13,24H,1,10,14-15H2,2H3. The lowest BCUT2D eigenvalue weighted by Gasteiger charge is -2.28. The van der Waals surface area contributed by atoms with Gasteiger partial charge >= 0.3 is 0 Å². The van der Waals surface area contributed by atoms with Crippen molar-refractivity contribution < 1.29 is 18.3 Å². The first-order valence-electron chi connectivity index (χ1n) is 10.5. The molecule has 0 saturated carbocycles. The number of aryl methyl sites for hydroxylation is 1. The van der Waals surface area contributed by atoms with Gasteiger partial charge in [0, 0.05) is 29.0 Å². The summed E-state index contributed by atoms with van der Waals surface area (Å²) in [5, 5.41) is 9.44. The lowest BCUT2D eigenvalue weighted by atomic mass is 10.1. The molecule has 1 aliphatic rings. The number of nitrogens with zero attached hydrogens (tertiary/aromatic N) is 3. The summed E-state index contributed by atoms with van der Waals surface area (Å²) in [6.07, 6.45) is 2.89. The minimum atomic E-state index is -0.534. The molecule has 0 saturated heterocycles. The summed E-state index contributed by atoms with van der Waals surface area (Å²) in [7, 11) is 0. The van der Waals surface area contributed by atoms with Gasteiger partial charge in [0.05, 0.1) is 18.4 Å². The number of halogens is 1. The maximum Gasteiger partial charge on any atom is 0.227 e. The van der Waals surface area contributed by atoms with Crippen molar-refractivity contribution in [3.8, 4) is 17.1 Å². The lowest BCUT2D eigenvalue weighted by Crippen LogP contribution is -2.19. The van der Waals surface area contributed by atoms with Crippen LogP contribution in [-0.2, 0) is 23.6 Å². The molecule has 1 atom stereocenters. The molecular formula is C25H22FN3O3S. The van der Waals surface area contributed by atoms with Crippen LogP contribution in [0.25, 0.3) is 11.4 Å². The molecule has 0 radical (unpaired) electrons. The van der Waals surface area contributed by atoms with E-state index in [0.717, 1.165) is 22.5 Å². The van der Waals surface area contributed by atoms with Crippen LogP contribution in [-0.4, -0.2) is 14.8 Å². The molecule has 0 bridgehead atoms. The monoisotopic (exact) mass is 463 g/mol. The summed E-state index contributed by atoms with van der Waals surface area (Å²) < 4.78 is 33.8. The predicted molar refractivity (Wildman–Crippen MR) is 123 cm³/mol. The van der Waals surface area contributed by atoms with Gasteiger partial charge in [-0.1, -0.05) is 48.2 Å². The molecule has 5 rings (SSSR count).